The first kappa shape index (κ1) is 19.2. The normalized spacial score (nSPS) is 34.6. The molecule has 6 atom stereocenters. The minimum Gasteiger partial charge on any atom is -0.477 e. The summed E-state index contributed by atoms with van der Waals surface area (Å²) in [5.41, 5.74) is 0.0387. The van der Waals surface area contributed by atoms with Crippen LogP contribution in [0.1, 0.15) is 20.3 Å². The molecule has 0 saturated carbocycles. The Hall–Kier alpha value is -1.58. The van der Waals surface area contributed by atoms with Gasteiger partial charge in [-0.05, 0) is 13.3 Å². The van der Waals surface area contributed by atoms with Crippen molar-refractivity contribution in [1.82, 2.24) is 15.1 Å². The van der Waals surface area contributed by atoms with Crippen LogP contribution in [0.3, 0.4) is 0 Å². The zero-order chi connectivity index (χ0) is 19.3. The summed E-state index contributed by atoms with van der Waals surface area (Å²) < 4.78 is 0. The van der Waals surface area contributed by atoms with Crippen molar-refractivity contribution in [3.63, 3.8) is 0 Å². The number of hydrogen-bond acceptors (Lipinski definition) is 6. The van der Waals surface area contributed by atoms with Crippen LogP contribution in [0, 0.1) is 11.8 Å². The summed E-state index contributed by atoms with van der Waals surface area (Å²) in [5.74, 6) is -2.14. The fourth-order valence-corrected chi connectivity index (χ4v) is 5.63. The predicted octanol–water partition coefficient (Wildman–Crippen LogP) is -0.308. The van der Waals surface area contributed by atoms with Crippen LogP contribution in [-0.2, 0) is 14.4 Å². The zero-order valence-corrected chi connectivity index (χ0v) is 16.1. The summed E-state index contributed by atoms with van der Waals surface area (Å²) in [4.78, 5) is 39.8. The SMILES string of the molecule is C[C@@H](O)C1C(=O)N2C(C(=O)O)=C(SC3CNC(C(=O)N(C)C)C3)[C@H](C)C12. The topological polar surface area (TPSA) is 110 Å². The molecular weight excluding hydrogens is 358 g/mol. The summed E-state index contributed by atoms with van der Waals surface area (Å²) in [7, 11) is 3.42. The molecule has 3 heterocycles. The van der Waals surface area contributed by atoms with Crippen molar-refractivity contribution in [3.05, 3.63) is 10.6 Å². The maximum atomic E-state index is 12.3. The molecule has 0 radical (unpaired) electrons. The largest absolute Gasteiger partial charge is 0.477 e. The van der Waals surface area contributed by atoms with Gasteiger partial charge in [-0.25, -0.2) is 4.79 Å². The van der Waals surface area contributed by atoms with Gasteiger partial charge in [-0.15, -0.1) is 11.8 Å². The highest BCUT2D eigenvalue weighted by atomic mass is 32.2. The van der Waals surface area contributed by atoms with Gasteiger partial charge < -0.3 is 25.3 Å². The molecule has 0 aliphatic carbocycles. The van der Waals surface area contributed by atoms with E-state index in [9.17, 15) is 24.6 Å². The number of carbonyl (C=O) groups excluding carboxylic acids is 2. The summed E-state index contributed by atoms with van der Waals surface area (Å²) in [5, 5.41) is 22.8. The van der Waals surface area contributed by atoms with Crippen LogP contribution in [0.4, 0.5) is 0 Å². The second-order valence-corrected chi connectivity index (χ2v) is 8.78. The van der Waals surface area contributed by atoms with Gasteiger partial charge in [0.15, 0.2) is 0 Å². The lowest BCUT2D eigenvalue weighted by molar-refractivity contribution is -0.163. The number of likely N-dealkylation sites (N-methyl/N-ethyl adjacent to an activating group) is 1. The zero-order valence-electron chi connectivity index (χ0n) is 15.3. The standard InChI is InChI=1S/C17H25N3O5S/c1-7-12-11(8(2)21)16(23)20(12)13(17(24)25)14(7)26-9-5-10(18-6-9)15(22)19(3)4/h7-12,18,21H,5-6H2,1-4H3,(H,24,25)/t7-,8-,9?,10?,11?,12?/m1/s1. The van der Waals surface area contributed by atoms with Crippen molar-refractivity contribution < 1.29 is 24.6 Å². The lowest BCUT2D eigenvalue weighted by atomic mass is 9.79. The number of aliphatic hydroxyl groups excluding tert-OH is 1. The monoisotopic (exact) mass is 383 g/mol. The minimum atomic E-state index is -1.12. The van der Waals surface area contributed by atoms with Gasteiger partial charge in [0, 0.05) is 36.7 Å². The molecule has 3 aliphatic rings. The van der Waals surface area contributed by atoms with Gasteiger partial charge in [-0.2, -0.15) is 0 Å². The molecule has 0 aromatic heterocycles. The quantitative estimate of drug-likeness (QED) is 0.559. The maximum absolute atomic E-state index is 12.3. The molecule has 144 valence electrons. The maximum Gasteiger partial charge on any atom is 0.353 e. The first-order valence-corrected chi connectivity index (χ1v) is 9.62. The third-order valence-electron chi connectivity index (χ3n) is 5.43. The predicted molar refractivity (Wildman–Crippen MR) is 96.1 cm³/mol. The fraction of sp³-hybridized carbons (Fsp3) is 0.706. The molecular formula is C17H25N3O5S. The molecule has 2 amide bonds. The van der Waals surface area contributed by atoms with E-state index in [-0.39, 0.29) is 40.8 Å². The molecule has 2 saturated heterocycles. The van der Waals surface area contributed by atoms with E-state index in [1.54, 1.807) is 25.9 Å². The molecule has 0 bridgehead atoms. The van der Waals surface area contributed by atoms with Crippen molar-refractivity contribution in [2.45, 2.75) is 43.7 Å². The Bertz CT molecular complexity index is 677. The molecule has 3 rings (SSSR count). The number of fused-ring (bicyclic) bond motifs is 1. The summed E-state index contributed by atoms with van der Waals surface area (Å²) in [6.45, 7) is 4.08. The number of carbonyl (C=O) groups is 3. The van der Waals surface area contributed by atoms with E-state index in [2.05, 4.69) is 5.32 Å². The number of hydrogen-bond donors (Lipinski definition) is 3. The van der Waals surface area contributed by atoms with E-state index < -0.39 is 18.0 Å². The van der Waals surface area contributed by atoms with E-state index in [0.717, 1.165) is 0 Å². The van der Waals surface area contributed by atoms with Crippen LogP contribution in [-0.4, -0.2) is 81.9 Å². The molecule has 3 aliphatic heterocycles. The Labute approximate surface area is 156 Å². The molecule has 9 heteroatoms. The second-order valence-electron chi connectivity index (χ2n) is 7.44. The molecule has 26 heavy (non-hydrogen) atoms. The number of rotatable bonds is 5. The van der Waals surface area contributed by atoms with Crippen molar-refractivity contribution in [1.29, 1.82) is 0 Å². The Kier molecular flexibility index (Phi) is 5.06. The van der Waals surface area contributed by atoms with Crippen LogP contribution in [0.25, 0.3) is 0 Å². The van der Waals surface area contributed by atoms with Gasteiger partial charge in [0.25, 0.3) is 0 Å². The third-order valence-corrected chi connectivity index (χ3v) is 6.95. The number of nitrogens with one attached hydrogen (secondary N) is 1. The molecule has 0 aromatic carbocycles. The number of thioether (sulfide) groups is 1. The second kappa shape index (κ2) is 6.86. The summed E-state index contributed by atoms with van der Waals surface area (Å²) in [6, 6.07) is -0.568. The fourth-order valence-electron chi connectivity index (χ4n) is 4.15. The van der Waals surface area contributed by atoms with Crippen LogP contribution >= 0.6 is 11.8 Å². The number of carboxylic acid groups (broad SMARTS) is 1. The first-order valence-electron chi connectivity index (χ1n) is 8.75. The lowest BCUT2D eigenvalue weighted by Crippen LogP contribution is -2.63. The van der Waals surface area contributed by atoms with Crippen LogP contribution < -0.4 is 5.32 Å². The van der Waals surface area contributed by atoms with Crippen LogP contribution in [0.15, 0.2) is 10.6 Å². The highest BCUT2D eigenvalue weighted by Gasteiger charge is 2.60. The van der Waals surface area contributed by atoms with E-state index in [1.807, 2.05) is 6.92 Å². The van der Waals surface area contributed by atoms with Crippen molar-refractivity contribution in [3.8, 4) is 0 Å². The van der Waals surface area contributed by atoms with Crippen LogP contribution in [0.5, 0.6) is 0 Å². The van der Waals surface area contributed by atoms with E-state index in [0.29, 0.717) is 17.9 Å². The Morgan fingerprint density at radius 2 is 2.04 bits per heavy atom. The third kappa shape index (κ3) is 2.91. The lowest BCUT2D eigenvalue weighted by Gasteiger charge is -2.46. The summed E-state index contributed by atoms with van der Waals surface area (Å²) >= 11 is 1.45. The number of carboxylic acids is 1. The van der Waals surface area contributed by atoms with Gasteiger partial charge in [-0.3, -0.25) is 9.59 Å². The molecule has 4 unspecified atom stereocenters. The number of nitrogens with zero attached hydrogens (tertiary/aromatic N) is 2. The summed E-state index contributed by atoms with van der Waals surface area (Å²) in [6.07, 6.45) is -0.190. The number of β-lactam (4-membered cyclic amide) rings is 1. The highest BCUT2D eigenvalue weighted by molar-refractivity contribution is 8.03. The van der Waals surface area contributed by atoms with E-state index in [4.69, 9.17) is 0 Å². The molecule has 8 nitrogen and oxygen atoms in total. The number of amides is 2. The van der Waals surface area contributed by atoms with E-state index in [1.165, 1.54) is 16.7 Å². The average Bonchev–Trinajstić information content (AvgIpc) is 3.09. The van der Waals surface area contributed by atoms with Crippen molar-refractivity contribution >= 4 is 29.5 Å². The molecule has 0 spiro atoms. The smallest absolute Gasteiger partial charge is 0.353 e. The van der Waals surface area contributed by atoms with Gasteiger partial charge >= 0.3 is 5.97 Å². The number of aliphatic carboxylic acids is 1. The minimum absolute atomic E-state index is 0.00757. The molecule has 3 N–H and O–H groups in total. The Morgan fingerprint density at radius 3 is 2.58 bits per heavy atom. The highest BCUT2D eigenvalue weighted by Crippen LogP contribution is 2.51. The Balaban J connectivity index is 1.78. The van der Waals surface area contributed by atoms with Crippen molar-refractivity contribution in [2.24, 2.45) is 11.8 Å². The van der Waals surface area contributed by atoms with Gasteiger partial charge in [0.2, 0.25) is 11.8 Å². The average molecular weight is 383 g/mol. The number of aliphatic hydroxyl groups is 1. The van der Waals surface area contributed by atoms with Crippen molar-refractivity contribution in [2.75, 3.05) is 20.6 Å². The molecule has 2 fully saturated rings. The van der Waals surface area contributed by atoms with Gasteiger partial charge in [-0.1, -0.05) is 6.92 Å². The van der Waals surface area contributed by atoms with E-state index >= 15 is 0 Å². The van der Waals surface area contributed by atoms with Crippen LogP contribution in [0.2, 0.25) is 0 Å². The first-order chi connectivity index (χ1) is 12.1. The Morgan fingerprint density at radius 1 is 1.38 bits per heavy atom. The van der Waals surface area contributed by atoms with Gasteiger partial charge in [0.1, 0.15) is 5.70 Å². The molecule has 0 aromatic rings. The van der Waals surface area contributed by atoms with Gasteiger partial charge in [0.05, 0.1) is 24.1 Å².